The van der Waals surface area contributed by atoms with Crippen LogP contribution in [-0.2, 0) is 16.1 Å². The van der Waals surface area contributed by atoms with Gasteiger partial charge in [0.15, 0.2) is 0 Å². The van der Waals surface area contributed by atoms with E-state index in [1.807, 2.05) is 24.3 Å². The summed E-state index contributed by atoms with van der Waals surface area (Å²) >= 11 is 0. The van der Waals surface area contributed by atoms with E-state index in [1.165, 1.54) is 0 Å². The Morgan fingerprint density at radius 3 is 2.80 bits per heavy atom. The van der Waals surface area contributed by atoms with Crippen LogP contribution in [0.3, 0.4) is 0 Å². The Morgan fingerprint density at radius 1 is 1.40 bits per heavy atom. The minimum Gasteiger partial charge on any atom is -0.398 e. The smallest absolute Gasteiger partial charge is 0.234 e. The van der Waals surface area contributed by atoms with Crippen LogP contribution in [-0.4, -0.2) is 44.2 Å². The number of methoxy groups -OCH3 is 1. The summed E-state index contributed by atoms with van der Waals surface area (Å²) in [5.74, 6) is 0.0185. The number of nitrogens with one attached hydrogen (secondary N) is 1. The van der Waals surface area contributed by atoms with Crippen LogP contribution in [0.1, 0.15) is 18.9 Å². The second-order valence-corrected chi connectivity index (χ2v) is 4.75. The first kappa shape index (κ1) is 16.5. The summed E-state index contributed by atoms with van der Waals surface area (Å²) in [6, 6.07) is 7.77. The molecule has 112 valence electrons. The molecular weight excluding hydrogens is 254 g/mol. The lowest BCUT2D eigenvalue weighted by Crippen LogP contribution is -2.38. The molecule has 0 heterocycles. The summed E-state index contributed by atoms with van der Waals surface area (Å²) in [5.41, 5.74) is 7.78. The molecule has 0 fully saturated rings. The van der Waals surface area contributed by atoms with Crippen molar-refractivity contribution in [3.63, 3.8) is 0 Å². The van der Waals surface area contributed by atoms with Gasteiger partial charge < -0.3 is 15.8 Å². The maximum Gasteiger partial charge on any atom is 0.234 e. The van der Waals surface area contributed by atoms with Gasteiger partial charge in [0, 0.05) is 25.9 Å². The zero-order chi connectivity index (χ0) is 14.8. The fourth-order valence-electron chi connectivity index (χ4n) is 2.00. The van der Waals surface area contributed by atoms with Gasteiger partial charge in [0.2, 0.25) is 5.91 Å². The highest BCUT2D eigenvalue weighted by atomic mass is 16.5. The van der Waals surface area contributed by atoms with Crippen molar-refractivity contribution >= 4 is 11.6 Å². The number of amides is 1. The summed E-state index contributed by atoms with van der Waals surface area (Å²) in [5, 5.41) is 2.84. The van der Waals surface area contributed by atoms with Gasteiger partial charge in [-0.15, -0.1) is 0 Å². The van der Waals surface area contributed by atoms with Crippen LogP contribution < -0.4 is 11.1 Å². The molecule has 0 saturated carbocycles. The van der Waals surface area contributed by atoms with E-state index >= 15 is 0 Å². The van der Waals surface area contributed by atoms with Gasteiger partial charge in [0.25, 0.3) is 0 Å². The average molecular weight is 279 g/mol. The molecule has 3 N–H and O–H groups in total. The molecule has 0 atom stereocenters. The lowest BCUT2D eigenvalue weighted by molar-refractivity contribution is -0.122. The Labute approximate surface area is 121 Å². The first-order valence-corrected chi connectivity index (χ1v) is 6.98. The predicted molar refractivity (Wildman–Crippen MR) is 81.3 cm³/mol. The number of anilines is 1. The molecule has 1 rings (SSSR count). The average Bonchev–Trinajstić information content (AvgIpc) is 2.42. The van der Waals surface area contributed by atoms with Gasteiger partial charge in [0.1, 0.15) is 0 Å². The van der Waals surface area contributed by atoms with E-state index in [0.717, 1.165) is 24.2 Å². The van der Waals surface area contributed by atoms with E-state index in [4.69, 9.17) is 10.5 Å². The Balaban J connectivity index is 2.52. The van der Waals surface area contributed by atoms with Crippen LogP contribution in [0.15, 0.2) is 24.3 Å². The third kappa shape index (κ3) is 6.04. The zero-order valence-electron chi connectivity index (χ0n) is 12.4. The second-order valence-electron chi connectivity index (χ2n) is 4.75. The summed E-state index contributed by atoms with van der Waals surface area (Å²) in [4.78, 5) is 13.9. The Bertz CT molecular complexity index is 410. The molecule has 1 aromatic carbocycles. The molecule has 0 aromatic heterocycles. The van der Waals surface area contributed by atoms with Gasteiger partial charge in [-0.1, -0.05) is 25.1 Å². The summed E-state index contributed by atoms with van der Waals surface area (Å²) in [6.07, 6.45) is 0.998. The molecule has 1 amide bonds. The number of carbonyl (C=O) groups excluding carboxylic acids is 1. The molecular formula is C15H25N3O2. The van der Waals surface area contributed by atoms with Gasteiger partial charge in [-0.3, -0.25) is 9.69 Å². The topological polar surface area (TPSA) is 67.6 Å². The van der Waals surface area contributed by atoms with Crippen molar-refractivity contribution in [1.82, 2.24) is 10.2 Å². The number of carbonyl (C=O) groups is 1. The molecule has 0 spiro atoms. The van der Waals surface area contributed by atoms with Crippen molar-refractivity contribution in [3.05, 3.63) is 29.8 Å². The maximum atomic E-state index is 11.8. The number of rotatable bonds is 9. The zero-order valence-corrected chi connectivity index (χ0v) is 12.4. The highest BCUT2D eigenvalue weighted by Crippen LogP contribution is 2.13. The SMILES string of the molecule is CCCN(CC(=O)NCCOC)Cc1ccccc1N. The van der Waals surface area contributed by atoms with E-state index in [9.17, 15) is 4.79 Å². The number of hydrogen-bond donors (Lipinski definition) is 2. The Morgan fingerprint density at radius 2 is 2.15 bits per heavy atom. The first-order valence-electron chi connectivity index (χ1n) is 6.98. The molecule has 0 unspecified atom stereocenters. The molecule has 20 heavy (non-hydrogen) atoms. The van der Waals surface area contributed by atoms with Gasteiger partial charge in [-0.2, -0.15) is 0 Å². The number of benzene rings is 1. The van der Waals surface area contributed by atoms with Crippen molar-refractivity contribution in [1.29, 1.82) is 0 Å². The lowest BCUT2D eigenvalue weighted by atomic mass is 10.1. The van der Waals surface area contributed by atoms with Crippen molar-refractivity contribution in [2.24, 2.45) is 0 Å². The molecule has 0 aliphatic heterocycles. The Kier molecular flexibility index (Phi) is 7.69. The van der Waals surface area contributed by atoms with Crippen LogP contribution in [0.25, 0.3) is 0 Å². The molecule has 1 aromatic rings. The maximum absolute atomic E-state index is 11.8. The normalized spacial score (nSPS) is 10.8. The summed E-state index contributed by atoms with van der Waals surface area (Å²) in [7, 11) is 1.62. The van der Waals surface area contributed by atoms with Crippen LogP contribution in [0.5, 0.6) is 0 Å². The Hall–Kier alpha value is -1.59. The van der Waals surface area contributed by atoms with E-state index in [-0.39, 0.29) is 5.91 Å². The number of para-hydroxylation sites is 1. The monoisotopic (exact) mass is 279 g/mol. The van der Waals surface area contributed by atoms with Crippen molar-refractivity contribution < 1.29 is 9.53 Å². The third-order valence-corrected chi connectivity index (χ3v) is 2.98. The van der Waals surface area contributed by atoms with Crippen molar-refractivity contribution in [2.75, 3.05) is 39.1 Å². The molecule has 0 radical (unpaired) electrons. The fourth-order valence-corrected chi connectivity index (χ4v) is 2.00. The molecule has 5 nitrogen and oxygen atoms in total. The van der Waals surface area contributed by atoms with Gasteiger partial charge >= 0.3 is 0 Å². The van der Waals surface area contributed by atoms with Gasteiger partial charge in [-0.25, -0.2) is 0 Å². The van der Waals surface area contributed by atoms with E-state index in [1.54, 1.807) is 7.11 Å². The van der Waals surface area contributed by atoms with E-state index in [2.05, 4.69) is 17.1 Å². The summed E-state index contributed by atoms with van der Waals surface area (Å²) < 4.78 is 4.91. The van der Waals surface area contributed by atoms with Gasteiger partial charge in [-0.05, 0) is 24.6 Å². The highest BCUT2D eigenvalue weighted by Gasteiger charge is 2.11. The highest BCUT2D eigenvalue weighted by molar-refractivity contribution is 5.78. The van der Waals surface area contributed by atoms with Crippen LogP contribution in [0, 0.1) is 0 Å². The predicted octanol–water partition coefficient (Wildman–Crippen LogP) is 1.24. The number of nitrogen functional groups attached to an aromatic ring is 1. The third-order valence-electron chi connectivity index (χ3n) is 2.98. The number of nitrogens with two attached hydrogens (primary N) is 1. The second kappa shape index (κ2) is 9.34. The van der Waals surface area contributed by atoms with Crippen molar-refractivity contribution in [2.45, 2.75) is 19.9 Å². The largest absolute Gasteiger partial charge is 0.398 e. The lowest BCUT2D eigenvalue weighted by Gasteiger charge is -2.22. The number of ether oxygens (including phenoxy) is 1. The van der Waals surface area contributed by atoms with Crippen LogP contribution in [0.4, 0.5) is 5.69 Å². The standard InChI is InChI=1S/C15H25N3O2/c1-3-9-18(12-15(19)17-8-10-20-2)11-13-6-4-5-7-14(13)16/h4-7H,3,8-12,16H2,1-2H3,(H,17,19). The molecule has 0 aliphatic carbocycles. The van der Waals surface area contributed by atoms with E-state index in [0.29, 0.717) is 26.2 Å². The minimum absolute atomic E-state index is 0.0185. The van der Waals surface area contributed by atoms with Crippen LogP contribution >= 0.6 is 0 Å². The molecule has 5 heteroatoms. The quantitative estimate of drug-likeness (QED) is 0.527. The first-order chi connectivity index (χ1) is 9.67. The minimum atomic E-state index is 0.0185. The van der Waals surface area contributed by atoms with Crippen molar-refractivity contribution in [3.8, 4) is 0 Å². The fraction of sp³-hybridized carbons (Fsp3) is 0.533. The summed E-state index contributed by atoms with van der Waals surface area (Å²) in [6.45, 7) is 5.12. The van der Waals surface area contributed by atoms with Gasteiger partial charge in [0.05, 0.1) is 13.2 Å². The van der Waals surface area contributed by atoms with Crippen LogP contribution in [0.2, 0.25) is 0 Å². The number of nitrogens with zero attached hydrogens (tertiary/aromatic N) is 1. The molecule has 0 aliphatic rings. The molecule has 0 saturated heterocycles. The number of hydrogen-bond acceptors (Lipinski definition) is 4. The van der Waals surface area contributed by atoms with E-state index < -0.39 is 0 Å². The molecule has 0 bridgehead atoms.